The summed E-state index contributed by atoms with van der Waals surface area (Å²) in [4.78, 5) is 24.6. The average molecular weight is 456 g/mol. The van der Waals surface area contributed by atoms with Crippen LogP contribution in [-0.4, -0.2) is 33.6 Å². The van der Waals surface area contributed by atoms with Gasteiger partial charge in [0, 0.05) is 13.1 Å². The minimum Gasteiger partial charge on any atom is -0.468 e. The van der Waals surface area contributed by atoms with Gasteiger partial charge in [-0.05, 0) is 42.0 Å². The quantitative estimate of drug-likeness (QED) is 0.521. The molecule has 2 N–H and O–H groups in total. The van der Waals surface area contributed by atoms with E-state index in [2.05, 4.69) is 10.6 Å². The standard InChI is InChI=1S/C22H20N2O7S/c25-21(23-12-15-8-9-17-19(11-15)31-14-30-17)22(26)24-13-20(18-7-4-10-29-18)32(27,28)16-5-2-1-3-6-16/h1-11,20H,12-14H2,(H,23,25)(H,24,26)/t20-/m0/s1. The SMILES string of the molecule is O=C(NCc1ccc2c(c1)OCO2)C(=O)NC[C@@H](c1ccco1)S(=O)(=O)c1ccccc1. The molecule has 1 atom stereocenters. The highest BCUT2D eigenvalue weighted by atomic mass is 32.2. The highest BCUT2D eigenvalue weighted by Crippen LogP contribution is 2.32. The predicted molar refractivity (Wildman–Crippen MR) is 112 cm³/mol. The largest absolute Gasteiger partial charge is 0.468 e. The van der Waals surface area contributed by atoms with Gasteiger partial charge in [-0.3, -0.25) is 9.59 Å². The van der Waals surface area contributed by atoms with E-state index in [1.807, 2.05) is 0 Å². The van der Waals surface area contributed by atoms with Crippen LogP contribution in [0.5, 0.6) is 11.5 Å². The highest BCUT2D eigenvalue weighted by molar-refractivity contribution is 7.91. The molecule has 2 aromatic carbocycles. The number of nitrogens with one attached hydrogen (secondary N) is 2. The van der Waals surface area contributed by atoms with Crippen LogP contribution in [0.3, 0.4) is 0 Å². The zero-order valence-electron chi connectivity index (χ0n) is 16.8. The van der Waals surface area contributed by atoms with Crippen molar-refractivity contribution in [1.82, 2.24) is 10.6 Å². The molecule has 4 rings (SSSR count). The van der Waals surface area contributed by atoms with Crippen molar-refractivity contribution >= 4 is 21.7 Å². The number of amides is 2. The van der Waals surface area contributed by atoms with Crippen molar-refractivity contribution in [3.63, 3.8) is 0 Å². The van der Waals surface area contributed by atoms with E-state index < -0.39 is 26.9 Å². The van der Waals surface area contributed by atoms with E-state index in [1.54, 1.807) is 42.5 Å². The Morgan fingerprint density at radius 2 is 1.66 bits per heavy atom. The maximum atomic E-state index is 13.1. The zero-order chi connectivity index (χ0) is 22.6. The third kappa shape index (κ3) is 4.59. The van der Waals surface area contributed by atoms with E-state index in [9.17, 15) is 18.0 Å². The third-order valence-electron chi connectivity index (χ3n) is 4.85. The maximum absolute atomic E-state index is 13.1. The van der Waals surface area contributed by atoms with Crippen LogP contribution >= 0.6 is 0 Å². The molecule has 9 nitrogen and oxygen atoms in total. The van der Waals surface area contributed by atoms with Gasteiger partial charge in [-0.2, -0.15) is 0 Å². The van der Waals surface area contributed by atoms with E-state index in [0.717, 1.165) is 5.56 Å². The van der Waals surface area contributed by atoms with Gasteiger partial charge >= 0.3 is 11.8 Å². The van der Waals surface area contributed by atoms with Crippen LogP contribution in [0, 0.1) is 0 Å². The van der Waals surface area contributed by atoms with E-state index >= 15 is 0 Å². The van der Waals surface area contributed by atoms with Crippen molar-refractivity contribution in [1.29, 1.82) is 0 Å². The zero-order valence-corrected chi connectivity index (χ0v) is 17.6. The van der Waals surface area contributed by atoms with Crippen molar-refractivity contribution in [2.45, 2.75) is 16.7 Å². The third-order valence-corrected chi connectivity index (χ3v) is 6.93. The molecule has 0 bridgehead atoms. The number of fused-ring (bicyclic) bond motifs is 1. The molecule has 1 aromatic heterocycles. The van der Waals surface area contributed by atoms with Gasteiger partial charge in [0.25, 0.3) is 0 Å². The van der Waals surface area contributed by atoms with E-state index in [-0.39, 0.29) is 30.5 Å². The lowest BCUT2D eigenvalue weighted by molar-refractivity contribution is -0.139. The summed E-state index contributed by atoms with van der Waals surface area (Å²) in [5.74, 6) is -0.506. The van der Waals surface area contributed by atoms with Gasteiger partial charge in [-0.1, -0.05) is 24.3 Å². The first-order chi connectivity index (χ1) is 15.4. The first kappa shape index (κ1) is 21.4. The number of ether oxygens (including phenoxy) is 2. The average Bonchev–Trinajstić information content (AvgIpc) is 3.49. The summed E-state index contributed by atoms with van der Waals surface area (Å²) in [5.41, 5.74) is 0.718. The van der Waals surface area contributed by atoms with Gasteiger partial charge in [-0.25, -0.2) is 8.42 Å². The topological polar surface area (TPSA) is 124 Å². The number of carbonyl (C=O) groups is 2. The molecule has 0 fully saturated rings. The normalized spacial score (nSPS) is 13.4. The van der Waals surface area contributed by atoms with Crippen LogP contribution in [0.25, 0.3) is 0 Å². The smallest absolute Gasteiger partial charge is 0.309 e. The molecule has 10 heteroatoms. The summed E-state index contributed by atoms with van der Waals surface area (Å²) in [7, 11) is -3.87. The second-order valence-electron chi connectivity index (χ2n) is 6.94. The van der Waals surface area contributed by atoms with Crippen LogP contribution in [0.4, 0.5) is 0 Å². The molecule has 166 valence electrons. The van der Waals surface area contributed by atoms with E-state index in [0.29, 0.717) is 11.5 Å². The fourth-order valence-corrected chi connectivity index (χ4v) is 4.80. The Morgan fingerprint density at radius 3 is 2.41 bits per heavy atom. The van der Waals surface area contributed by atoms with Gasteiger partial charge < -0.3 is 24.5 Å². The minimum absolute atomic E-state index is 0.0860. The summed E-state index contributed by atoms with van der Waals surface area (Å²) < 4.78 is 42.0. The summed E-state index contributed by atoms with van der Waals surface area (Å²) in [6.07, 6.45) is 1.35. The molecule has 0 saturated heterocycles. The Labute approximate surface area is 184 Å². The van der Waals surface area contributed by atoms with Crippen molar-refractivity contribution < 1.29 is 31.9 Å². The molecule has 2 amide bonds. The minimum atomic E-state index is -3.87. The van der Waals surface area contributed by atoms with Gasteiger partial charge in [0.1, 0.15) is 11.0 Å². The van der Waals surface area contributed by atoms with E-state index in [1.165, 1.54) is 24.5 Å². The van der Waals surface area contributed by atoms with Crippen LogP contribution in [0.15, 0.2) is 76.2 Å². The molecule has 0 radical (unpaired) electrons. The van der Waals surface area contributed by atoms with Crippen LogP contribution < -0.4 is 20.1 Å². The monoisotopic (exact) mass is 456 g/mol. The van der Waals surface area contributed by atoms with Gasteiger partial charge in [0.05, 0.1) is 11.2 Å². The molecular formula is C22H20N2O7S. The van der Waals surface area contributed by atoms with E-state index in [4.69, 9.17) is 13.9 Å². The molecule has 2 heterocycles. The number of carbonyl (C=O) groups excluding carboxylic acids is 2. The number of hydrogen-bond acceptors (Lipinski definition) is 7. The number of rotatable bonds is 7. The fourth-order valence-electron chi connectivity index (χ4n) is 3.19. The van der Waals surface area contributed by atoms with Crippen molar-refractivity contribution in [2.75, 3.05) is 13.3 Å². The van der Waals surface area contributed by atoms with Gasteiger partial charge in [-0.15, -0.1) is 0 Å². The molecule has 0 saturated carbocycles. The molecule has 1 aliphatic heterocycles. The first-order valence-corrected chi connectivity index (χ1v) is 11.3. The fraction of sp³-hybridized carbons (Fsp3) is 0.182. The molecule has 0 unspecified atom stereocenters. The lowest BCUT2D eigenvalue weighted by Crippen LogP contribution is -2.42. The maximum Gasteiger partial charge on any atom is 0.309 e. The van der Waals surface area contributed by atoms with Crippen molar-refractivity contribution in [3.05, 3.63) is 78.3 Å². The van der Waals surface area contributed by atoms with Crippen LogP contribution in [-0.2, 0) is 26.0 Å². The number of furan rings is 1. The Balaban J connectivity index is 1.39. The number of benzene rings is 2. The number of hydrogen-bond donors (Lipinski definition) is 2. The Kier molecular flexibility index (Phi) is 6.13. The summed E-state index contributed by atoms with van der Waals surface area (Å²) in [5, 5.41) is 3.70. The Hall–Kier alpha value is -3.79. The van der Waals surface area contributed by atoms with Crippen LogP contribution in [0.2, 0.25) is 0 Å². The second-order valence-corrected chi connectivity index (χ2v) is 9.07. The van der Waals surface area contributed by atoms with Crippen molar-refractivity contribution in [3.8, 4) is 11.5 Å². The van der Waals surface area contributed by atoms with Gasteiger partial charge in [0.2, 0.25) is 6.79 Å². The lowest BCUT2D eigenvalue weighted by Gasteiger charge is -2.16. The lowest BCUT2D eigenvalue weighted by atomic mass is 10.2. The second kappa shape index (κ2) is 9.15. The molecule has 0 aliphatic carbocycles. The predicted octanol–water partition coefficient (Wildman–Crippen LogP) is 1.96. The van der Waals surface area contributed by atoms with Crippen molar-refractivity contribution in [2.24, 2.45) is 0 Å². The number of sulfone groups is 1. The molecule has 0 spiro atoms. The Bertz CT molecular complexity index is 1210. The highest BCUT2D eigenvalue weighted by Gasteiger charge is 2.32. The molecule has 32 heavy (non-hydrogen) atoms. The first-order valence-electron chi connectivity index (χ1n) is 9.72. The van der Waals surface area contributed by atoms with Gasteiger partial charge in [0.15, 0.2) is 21.3 Å². The van der Waals surface area contributed by atoms with Crippen LogP contribution in [0.1, 0.15) is 16.6 Å². The summed E-state index contributed by atoms with van der Waals surface area (Å²) >= 11 is 0. The summed E-state index contributed by atoms with van der Waals surface area (Å²) in [6.45, 7) is -0.107. The molecule has 3 aromatic rings. The Morgan fingerprint density at radius 1 is 0.906 bits per heavy atom. The molecular weight excluding hydrogens is 436 g/mol. The summed E-state index contributed by atoms with van der Waals surface area (Å²) in [6, 6.07) is 16.1. The molecule has 1 aliphatic rings.